The molecule has 2 aromatic carbocycles. The second-order valence-electron chi connectivity index (χ2n) is 6.52. The molecule has 29 heavy (non-hydrogen) atoms. The zero-order chi connectivity index (χ0) is 21.0. The lowest BCUT2D eigenvalue weighted by Gasteiger charge is -2.09. The second-order valence-corrected chi connectivity index (χ2v) is 6.52. The highest BCUT2D eigenvalue weighted by Gasteiger charge is 2.09. The predicted octanol–water partition coefficient (Wildman–Crippen LogP) is 2.78. The Balaban J connectivity index is 0.000000755. The van der Waals surface area contributed by atoms with Crippen LogP contribution in [0.25, 0.3) is 33.2 Å². The molecule has 0 aliphatic carbocycles. The third-order valence-electron chi connectivity index (χ3n) is 4.47. The Morgan fingerprint density at radius 3 is 2.59 bits per heavy atom. The summed E-state index contributed by atoms with van der Waals surface area (Å²) < 4.78 is 0. The van der Waals surface area contributed by atoms with Gasteiger partial charge in [-0.25, -0.2) is 4.98 Å². The monoisotopic (exact) mass is 389 g/mol. The number of nitrogens with zero attached hydrogens (tertiary/aromatic N) is 1. The number of hydrogen-bond acceptors (Lipinski definition) is 4. The summed E-state index contributed by atoms with van der Waals surface area (Å²) >= 11 is 0. The van der Waals surface area contributed by atoms with E-state index in [0.717, 1.165) is 27.5 Å². The van der Waals surface area contributed by atoms with Crippen molar-refractivity contribution in [3.8, 4) is 11.4 Å². The molecule has 0 radical (unpaired) electrons. The first-order valence-electron chi connectivity index (χ1n) is 8.82. The molecule has 4 aromatic rings. The Kier molecular flexibility index (Phi) is 5.69. The van der Waals surface area contributed by atoms with Gasteiger partial charge in [-0.1, -0.05) is 24.3 Å². The number of nitrogens with two attached hydrogens (primary N) is 1. The van der Waals surface area contributed by atoms with E-state index >= 15 is 0 Å². The van der Waals surface area contributed by atoms with E-state index in [2.05, 4.69) is 4.98 Å². The molecule has 7 nitrogen and oxygen atoms in total. The lowest BCUT2D eigenvalue weighted by Crippen LogP contribution is -2.13. The molecule has 4 rings (SSSR count). The van der Waals surface area contributed by atoms with Gasteiger partial charge in [0.05, 0.1) is 23.3 Å². The summed E-state index contributed by atoms with van der Waals surface area (Å²) in [6.45, 7) is 1.75. The molecule has 0 saturated carbocycles. The van der Waals surface area contributed by atoms with Gasteiger partial charge in [0.25, 0.3) is 6.47 Å². The van der Waals surface area contributed by atoms with Crippen LogP contribution in [-0.4, -0.2) is 27.5 Å². The van der Waals surface area contributed by atoms with Gasteiger partial charge >= 0.3 is 0 Å². The number of primary amides is 1. The molecule has 146 valence electrons. The Bertz CT molecular complexity index is 1280. The van der Waals surface area contributed by atoms with Crippen molar-refractivity contribution in [2.75, 3.05) is 0 Å². The number of aromatic nitrogens is 2. The number of carboxylic acid groups (broad SMARTS) is 1. The quantitative estimate of drug-likeness (QED) is 0.465. The summed E-state index contributed by atoms with van der Waals surface area (Å²) in [7, 11) is 0. The van der Waals surface area contributed by atoms with E-state index in [1.54, 1.807) is 12.1 Å². The van der Waals surface area contributed by atoms with Crippen molar-refractivity contribution in [3.63, 3.8) is 0 Å². The van der Waals surface area contributed by atoms with E-state index < -0.39 is 0 Å². The summed E-state index contributed by atoms with van der Waals surface area (Å²) in [6.07, 6.45) is 0.174. The Morgan fingerprint density at radius 2 is 1.86 bits per heavy atom. The topological polar surface area (TPSA) is 126 Å². The fraction of sp³-hybridized carbons (Fsp3) is 0.0909. The molecule has 7 heteroatoms. The zero-order valence-electron chi connectivity index (χ0n) is 15.7. The van der Waals surface area contributed by atoms with E-state index in [9.17, 15) is 9.59 Å². The highest BCUT2D eigenvalue weighted by Crippen LogP contribution is 2.24. The standard InChI is InChI=1S/C21H17N3O2.CH2O2/c1-12-8-18(19-11-20(25)15-4-2-3-5-16(15)23-19)24-17-9-13(10-21(22)26)6-7-14(12)17;2-1-3/h2-9,11H,10H2,1H3,(H2,22,26)(H,23,25);1H,(H,2,3). The van der Waals surface area contributed by atoms with E-state index in [4.69, 9.17) is 20.6 Å². The number of amides is 1. The number of nitrogens with one attached hydrogen (secondary N) is 1. The van der Waals surface area contributed by atoms with Crippen molar-refractivity contribution >= 4 is 34.2 Å². The number of pyridine rings is 2. The molecule has 0 unspecified atom stereocenters. The van der Waals surface area contributed by atoms with Gasteiger partial charge in [0.2, 0.25) is 5.91 Å². The minimum absolute atomic E-state index is 0.0450. The van der Waals surface area contributed by atoms with Crippen LogP contribution in [0.2, 0.25) is 0 Å². The number of aryl methyl sites for hydroxylation is 1. The summed E-state index contributed by atoms with van der Waals surface area (Å²) in [5.74, 6) is -0.379. The van der Waals surface area contributed by atoms with Gasteiger partial charge in [0, 0.05) is 22.4 Å². The fourth-order valence-corrected chi connectivity index (χ4v) is 3.23. The smallest absolute Gasteiger partial charge is 0.290 e. The van der Waals surface area contributed by atoms with Crippen LogP contribution in [0.3, 0.4) is 0 Å². The summed E-state index contributed by atoms with van der Waals surface area (Å²) in [5.41, 5.74) is 10.0. The maximum absolute atomic E-state index is 12.4. The number of para-hydroxylation sites is 1. The van der Waals surface area contributed by atoms with Crippen molar-refractivity contribution in [2.24, 2.45) is 5.73 Å². The summed E-state index contributed by atoms with van der Waals surface area (Å²) in [5, 5.41) is 8.54. The molecule has 4 N–H and O–H groups in total. The van der Waals surface area contributed by atoms with E-state index in [1.165, 1.54) is 0 Å². The summed E-state index contributed by atoms with van der Waals surface area (Å²) in [6, 6.07) is 16.6. The van der Waals surface area contributed by atoms with Crippen molar-refractivity contribution in [1.29, 1.82) is 0 Å². The van der Waals surface area contributed by atoms with E-state index in [1.807, 2.05) is 49.4 Å². The normalized spacial score (nSPS) is 10.4. The molecule has 0 atom stereocenters. The van der Waals surface area contributed by atoms with Crippen LogP contribution in [0.5, 0.6) is 0 Å². The van der Waals surface area contributed by atoms with Crippen LogP contribution in [0, 0.1) is 6.92 Å². The van der Waals surface area contributed by atoms with Gasteiger partial charge in [0.1, 0.15) is 0 Å². The van der Waals surface area contributed by atoms with Crippen LogP contribution < -0.4 is 11.2 Å². The Morgan fingerprint density at radius 1 is 1.14 bits per heavy atom. The number of carbonyl (C=O) groups is 2. The Labute approximate surface area is 165 Å². The summed E-state index contributed by atoms with van der Waals surface area (Å²) in [4.78, 5) is 39.9. The van der Waals surface area contributed by atoms with Gasteiger partial charge in [0.15, 0.2) is 5.43 Å². The molecule has 0 fully saturated rings. The lowest BCUT2D eigenvalue weighted by molar-refractivity contribution is -0.123. The largest absolute Gasteiger partial charge is 0.483 e. The number of hydrogen-bond donors (Lipinski definition) is 3. The first kappa shape index (κ1) is 19.8. The average molecular weight is 389 g/mol. The molecule has 2 heterocycles. The second kappa shape index (κ2) is 8.35. The van der Waals surface area contributed by atoms with E-state index in [-0.39, 0.29) is 24.2 Å². The number of rotatable bonds is 3. The highest BCUT2D eigenvalue weighted by atomic mass is 16.3. The van der Waals surface area contributed by atoms with Gasteiger partial charge in [-0.3, -0.25) is 14.4 Å². The molecule has 0 saturated heterocycles. The molecule has 0 bridgehead atoms. The van der Waals surface area contributed by atoms with Crippen LogP contribution in [-0.2, 0) is 16.0 Å². The lowest BCUT2D eigenvalue weighted by atomic mass is 10.0. The van der Waals surface area contributed by atoms with Crippen molar-refractivity contribution < 1.29 is 14.7 Å². The van der Waals surface area contributed by atoms with E-state index in [0.29, 0.717) is 16.8 Å². The van der Waals surface area contributed by atoms with Crippen LogP contribution in [0.4, 0.5) is 0 Å². The third-order valence-corrected chi connectivity index (χ3v) is 4.47. The molecule has 0 aliphatic rings. The van der Waals surface area contributed by atoms with Crippen molar-refractivity contribution in [1.82, 2.24) is 9.97 Å². The molecular weight excluding hydrogens is 370 g/mol. The highest BCUT2D eigenvalue weighted by molar-refractivity contribution is 5.87. The van der Waals surface area contributed by atoms with Crippen LogP contribution in [0.15, 0.2) is 59.4 Å². The number of H-pyrrole nitrogens is 1. The van der Waals surface area contributed by atoms with Crippen LogP contribution in [0.1, 0.15) is 11.1 Å². The van der Waals surface area contributed by atoms with Crippen molar-refractivity contribution in [3.05, 3.63) is 75.9 Å². The molecule has 0 spiro atoms. The Hall–Kier alpha value is -4.00. The van der Waals surface area contributed by atoms with Crippen LogP contribution >= 0.6 is 0 Å². The maximum atomic E-state index is 12.4. The molecule has 0 aliphatic heterocycles. The van der Waals surface area contributed by atoms with Crippen molar-refractivity contribution in [2.45, 2.75) is 13.3 Å². The SMILES string of the molecule is Cc1cc(-c2cc(=O)c3ccccc3[nH]2)nc2cc(CC(N)=O)ccc12.O=CO. The number of fused-ring (bicyclic) bond motifs is 2. The third kappa shape index (κ3) is 4.30. The predicted molar refractivity (Wildman–Crippen MR) is 112 cm³/mol. The minimum Gasteiger partial charge on any atom is -0.483 e. The first-order chi connectivity index (χ1) is 13.9. The molecular formula is C22H19N3O4. The number of aromatic amines is 1. The maximum Gasteiger partial charge on any atom is 0.290 e. The number of benzene rings is 2. The molecule has 1 amide bonds. The van der Waals surface area contributed by atoms with Gasteiger partial charge in [-0.15, -0.1) is 0 Å². The molecule has 2 aromatic heterocycles. The average Bonchev–Trinajstić information content (AvgIpc) is 2.68. The zero-order valence-corrected chi connectivity index (χ0v) is 15.7. The first-order valence-corrected chi connectivity index (χ1v) is 8.82. The van der Waals surface area contributed by atoms with Gasteiger partial charge in [-0.2, -0.15) is 0 Å². The van der Waals surface area contributed by atoms with Gasteiger partial charge in [-0.05, 0) is 42.3 Å². The fourth-order valence-electron chi connectivity index (χ4n) is 3.23. The minimum atomic E-state index is -0.379. The number of carbonyl (C=O) groups excluding carboxylic acids is 1. The van der Waals surface area contributed by atoms with Gasteiger partial charge < -0.3 is 15.8 Å².